The Balaban J connectivity index is 2.16. The van der Waals surface area contributed by atoms with Gasteiger partial charge < -0.3 is 5.32 Å². The second-order valence-electron chi connectivity index (χ2n) is 6.14. The topological polar surface area (TPSA) is 59.8 Å². The summed E-state index contributed by atoms with van der Waals surface area (Å²) in [6, 6.07) is 6.30. The normalized spacial score (nSPS) is 11.0. The van der Waals surface area contributed by atoms with Gasteiger partial charge in [-0.25, -0.2) is 0 Å². The van der Waals surface area contributed by atoms with Crippen molar-refractivity contribution in [2.24, 2.45) is 5.92 Å². The van der Waals surface area contributed by atoms with Gasteiger partial charge in [0, 0.05) is 6.54 Å². The van der Waals surface area contributed by atoms with Crippen molar-refractivity contribution in [2.75, 3.05) is 12.3 Å². The molecule has 23 heavy (non-hydrogen) atoms. The molecule has 0 saturated heterocycles. The van der Waals surface area contributed by atoms with Crippen LogP contribution >= 0.6 is 11.8 Å². The predicted molar refractivity (Wildman–Crippen MR) is 94.1 cm³/mol. The average Bonchev–Trinajstić information content (AvgIpc) is 2.86. The number of amides is 1. The molecule has 0 aliphatic rings. The zero-order valence-electron chi connectivity index (χ0n) is 14.4. The smallest absolute Gasteiger partial charge is 0.230 e. The highest BCUT2D eigenvalue weighted by atomic mass is 32.2. The first-order valence-corrected chi connectivity index (χ1v) is 8.76. The number of nitrogens with zero attached hydrogens (tertiary/aromatic N) is 3. The predicted octanol–water partition coefficient (Wildman–Crippen LogP) is 3.06. The first kappa shape index (κ1) is 17.5. The lowest BCUT2D eigenvalue weighted by Gasteiger charge is -2.12. The average molecular weight is 332 g/mol. The maximum atomic E-state index is 11.9. The fraction of sp³-hybridized carbons (Fsp3) is 0.471. The highest BCUT2D eigenvalue weighted by Crippen LogP contribution is 2.24. The zero-order chi connectivity index (χ0) is 17.0. The first-order chi connectivity index (χ1) is 10.9. The Labute approximate surface area is 141 Å². The van der Waals surface area contributed by atoms with Crippen molar-refractivity contribution in [3.05, 3.63) is 35.2 Å². The molecule has 0 bridgehead atoms. The van der Waals surface area contributed by atoms with Gasteiger partial charge in [0.05, 0.1) is 11.4 Å². The minimum atomic E-state index is 0.0249. The number of nitrogens with one attached hydrogen (secondary N) is 1. The minimum absolute atomic E-state index is 0.0249. The molecule has 0 atom stereocenters. The van der Waals surface area contributed by atoms with E-state index in [0.29, 0.717) is 18.2 Å². The highest BCUT2D eigenvalue weighted by molar-refractivity contribution is 7.99. The molecule has 1 aromatic carbocycles. The number of benzene rings is 1. The fourth-order valence-corrected chi connectivity index (χ4v) is 2.99. The molecule has 0 saturated carbocycles. The summed E-state index contributed by atoms with van der Waals surface area (Å²) in [7, 11) is 0. The fourth-order valence-electron chi connectivity index (χ4n) is 2.17. The number of aryl methyl sites for hydroxylation is 3. The van der Waals surface area contributed by atoms with Crippen LogP contribution < -0.4 is 5.32 Å². The van der Waals surface area contributed by atoms with E-state index >= 15 is 0 Å². The second-order valence-corrected chi connectivity index (χ2v) is 7.08. The van der Waals surface area contributed by atoms with Crippen LogP contribution in [0.5, 0.6) is 0 Å². The second kappa shape index (κ2) is 7.64. The van der Waals surface area contributed by atoms with Crippen LogP contribution in [0, 0.1) is 26.7 Å². The molecule has 1 heterocycles. The van der Waals surface area contributed by atoms with E-state index in [1.54, 1.807) is 0 Å². The number of aromatic nitrogens is 3. The van der Waals surface area contributed by atoms with Gasteiger partial charge in [-0.05, 0) is 43.9 Å². The van der Waals surface area contributed by atoms with Crippen molar-refractivity contribution >= 4 is 17.7 Å². The summed E-state index contributed by atoms with van der Waals surface area (Å²) in [5.41, 5.74) is 3.41. The van der Waals surface area contributed by atoms with E-state index in [2.05, 4.69) is 61.4 Å². The summed E-state index contributed by atoms with van der Waals surface area (Å²) in [5.74, 6) is 1.64. The van der Waals surface area contributed by atoms with E-state index in [-0.39, 0.29) is 5.91 Å². The molecule has 2 aromatic rings. The van der Waals surface area contributed by atoms with Crippen LogP contribution in [-0.2, 0) is 4.79 Å². The van der Waals surface area contributed by atoms with E-state index in [4.69, 9.17) is 0 Å². The lowest BCUT2D eigenvalue weighted by molar-refractivity contribution is -0.118. The van der Waals surface area contributed by atoms with E-state index in [0.717, 1.165) is 22.2 Å². The largest absolute Gasteiger partial charge is 0.355 e. The molecule has 0 radical (unpaired) electrons. The molecular weight excluding hydrogens is 308 g/mol. The van der Waals surface area contributed by atoms with Crippen LogP contribution in [0.15, 0.2) is 23.4 Å². The van der Waals surface area contributed by atoms with Crippen molar-refractivity contribution in [1.82, 2.24) is 20.1 Å². The minimum Gasteiger partial charge on any atom is -0.355 e. The molecule has 0 aliphatic heterocycles. The highest BCUT2D eigenvalue weighted by Gasteiger charge is 2.15. The standard InChI is InChI=1S/C17H24N4OS/c1-11(2)9-18-16(22)10-23-17-20-19-14(5)21(17)15-8-12(3)6-7-13(15)4/h6-8,11H,9-10H2,1-5H3,(H,18,22). The summed E-state index contributed by atoms with van der Waals surface area (Å²) in [6.07, 6.45) is 0. The van der Waals surface area contributed by atoms with E-state index in [1.807, 2.05) is 11.5 Å². The summed E-state index contributed by atoms with van der Waals surface area (Å²) in [4.78, 5) is 11.9. The van der Waals surface area contributed by atoms with Crippen molar-refractivity contribution in [2.45, 2.75) is 39.8 Å². The van der Waals surface area contributed by atoms with E-state index < -0.39 is 0 Å². The molecule has 0 fully saturated rings. The third-order valence-electron chi connectivity index (χ3n) is 3.44. The summed E-state index contributed by atoms with van der Waals surface area (Å²) < 4.78 is 2.02. The third kappa shape index (κ3) is 4.58. The van der Waals surface area contributed by atoms with Crippen LogP contribution in [-0.4, -0.2) is 33.0 Å². The van der Waals surface area contributed by atoms with E-state index in [1.165, 1.54) is 17.3 Å². The maximum Gasteiger partial charge on any atom is 0.230 e. The number of hydrogen-bond acceptors (Lipinski definition) is 4. The van der Waals surface area contributed by atoms with Crippen molar-refractivity contribution in [3.63, 3.8) is 0 Å². The van der Waals surface area contributed by atoms with Gasteiger partial charge in [-0.2, -0.15) is 0 Å². The van der Waals surface area contributed by atoms with Gasteiger partial charge in [0.1, 0.15) is 5.82 Å². The summed E-state index contributed by atoms with van der Waals surface area (Å²) >= 11 is 1.41. The van der Waals surface area contributed by atoms with Gasteiger partial charge in [0.15, 0.2) is 5.16 Å². The zero-order valence-corrected chi connectivity index (χ0v) is 15.2. The Morgan fingerprint density at radius 2 is 2.00 bits per heavy atom. The number of carbonyl (C=O) groups is 1. The van der Waals surface area contributed by atoms with Gasteiger partial charge >= 0.3 is 0 Å². The Morgan fingerprint density at radius 1 is 1.26 bits per heavy atom. The molecule has 1 aromatic heterocycles. The Hall–Kier alpha value is -1.82. The number of hydrogen-bond donors (Lipinski definition) is 1. The molecular formula is C17H24N4OS. The molecule has 0 aliphatic carbocycles. The molecule has 1 N–H and O–H groups in total. The molecule has 5 nitrogen and oxygen atoms in total. The van der Waals surface area contributed by atoms with Crippen molar-refractivity contribution < 1.29 is 4.79 Å². The Bertz CT molecular complexity index is 694. The van der Waals surface area contributed by atoms with Crippen LogP contribution in [0.4, 0.5) is 0 Å². The summed E-state index contributed by atoms with van der Waals surface area (Å²) in [5, 5.41) is 12.1. The van der Waals surface area contributed by atoms with Crippen LogP contribution in [0.1, 0.15) is 30.8 Å². The lowest BCUT2D eigenvalue weighted by Crippen LogP contribution is -2.28. The monoisotopic (exact) mass is 332 g/mol. The molecule has 1 amide bonds. The molecule has 124 valence electrons. The van der Waals surface area contributed by atoms with Crippen LogP contribution in [0.2, 0.25) is 0 Å². The van der Waals surface area contributed by atoms with Gasteiger partial charge in [0.2, 0.25) is 5.91 Å². The molecule has 6 heteroatoms. The maximum absolute atomic E-state index is 11.9. The SMILES string of the molecule is Cc1ccc(C)c(-n2c(C)nnc2SCC(=O)NCC(C)C)c1. The number of thioether (sulfide) groups is 1. The Morgan fingerprint density at radius 3 is 2.70 bits per heavy atom. The Kier molecular flexibility index (Phi) is 5.82. The lowest BCUT2D eigenvalue weighted by atomic mass is 10.1. The van der Waals surface area contributed by atoms with Gasteiger partial charge in [0.25, 0.3) is 0 Å². The van der Waals surface area contributed by atoms with Crippen molar-refractivity contribution in [1.29, 1.82) is 0 Å². The summed E-state index contributed by atoms with van der Waals surface area (Å²) in [6.45, 7) is 10.9. The van der Waals surface area contributed by atoms with Crippen LogP contribution in [0.3, 0.4) is 0 Å². The molecule has 0 spiro atoms. The molecule has 2 rings (SSSR count). The van der Waals surface area contributed by atoms with E-state index in [9.17, 15) is 4.79 Å². The van der Waals surface area contributed by atoms with Crippen molar-refractivity contribution in [3.8, 4) is 5.69 Å². The van der Waals surface area contributed by atoms with Gasteiger partial charge in [-0.15, -0.1) is 10.2 Å². The van der Waals surface area contributed by atoms with Gasteiger partial charge in [-0.1, -0.05) is 37.7 Å². The first-order valence-electron chi connectivity index (χ1n) is 7.77. The number of rotatable bonds is 6. The van der Waals surface area contributed by atoms with Crippen LogP contribution in [0.25, 0.3) is 5.69 Å². The third-order valence-corrected chi connectivity index (χ3v) is 4.37. The number of carbonyl (C=O) groups excluding carboxylic acids is 1. The quantitative estimate of drug-likeness (QED) is 0.826. The molecule has 0 unspecified atom stereocenters. The van der Waals surface area contributed by atoms with Gasteiger partial charge in [-0.3, -0.25) is 9.36 Å².